The highest BCUT2D eigenvalue weighted by Crippen LogP contribution is 2.31. The van der Waals surface area contributed by atoms with Crippen LogP contribution in [0.25, 0.3) is 6.08 Å². The number of para-hydroxylation sites is 3. The van der Waals surface area contributed by atoms with Crippen molar-refractivity contribution in [3.05, 3.63) is 82.9 Å². The molecule has 0 radical (unpaired) electrons. The number of benzene rings is 2. The summed E-state index contributed by atoms with van der Waals surface area (Å²) in [7, 11) is 1.54. The third kappa shape index (κ3) is 4.03. The molecule has 1 aliphatic heterocycles. The van der Waals surface area contributed by atoms with Crippen molar-refractivity contribution in [2.75, 3.05) is 12.0 Å². The number of nitrogens with zero attached hydrogens (tertiary/aromatic N) is 1. The Kier molecular flexibility index (Phi) is 5.74. The van der Waals surface area contributed by atoms with Gasteiger partial charge in [-0.1, -0.05) is 35.9 Å². The molecule has 0 spiro atoms. The average molecular weight is 441 g/mol. The smallest absolute Gasteiger partial charge is 0.281 e. The van der Waals surface area contributed by atoms with Crippen LogP contribution < -0.4 is 19.7 Å². The van der Waals surface area contributed by atoms with Crippen molar-refractivity contribution in [1.29, 1.82) is 0 Å². The number of carbonyl (C=O) groups is 1. The molecule has 6 nitrogen and oxygen atoms in total. The van der Waals surface area contributed by atoms with Crippen LogP contribution in [0.4, 0.5) is 5.69 Å². The largest absolute Gasteiger partial charge is 0.495 e. The summed E-state index contributed by atoms with van der Waals surface area (Å²) < 4.78 is 16.8. The highest BCUT2D eigenvalue weighted by Gasteiger charge is 2.33. The summed E-state index contributed by atoms with van der Waals surface area (Å²) in [4.78, 5) is 14.3. The number of halogens is 1. The number of thiocarbonyl (C=S) groups is 1. The van der Waals surface area contributed by atoms with E-state index in [2.05, 4.69) is 5.32 Å². The molecule has 152 valence electrons. The number of hydrogen-bond donors (Lipinski definition) is 1. The Balaban J connectivity index is 1.50. The Bertz CT molecular complexity index is 1140. The number of methoxy groups -OCH3 is 1. The van der Waals surface area contributed by atoms with Crippen molar-refractivity contribution in [3.63, 3.8) is 0 Å². The van der Waals surface area contributed by atoms with E-state index in [0.717, 1.165) is 0 Å². The normalized spacial score (nSPS) is 14.9. The molecule has 2 aromatic carbocycles. The molecule has 0 saturated carbocycles. The SMILES string of the molecule is COc1ccccc1N1C(=O)/C(=C\c2ccc(COc3ccccc3Cl)o2)NC1=S. The number of hydrogen-bond acceptors (Lipinski definition) is 5. The molecule has 1 aromatic heterocycles. The number of anilines is 1. The summed E-state index contributed by atoms with van der Waals surface area (Å²) in [5.41, 5.74) is 0.873. The minimum atomic E-state index is -0.297. The van der Waals surface area contributed by atoms with E-state index >= 15 is 0 Å². The molecule has 0 aliphatic carbocycles. The number of ether oxygens (including phenoxy) is 2. The van der Waals surface area contributed by atoms with Crippen molar-refractivity contribution < 1.29 is 18.7 Å². The van der Waals surface area contributed by atoms with Gasteiger partial charge < -0.3 is 19.2 Å². The maximum absolute atomic E-state index is 12.9. The van der Waals surface area contributed by atoms with E-state index < -0.39 is 0 Å². The zero-order valence-electron chi connectivity index (χ0n) is 15.9. The van der Waals surface area contributed by atoms with Crippen molar-refractivity contribution >= 4 is 46.6 Å². The predicted octanol–water partition coefficient (Wildman–Crippen LogP) is 4.78. The Morgan fingerprint density at radius 2 is 1.83 bits per heavy atom. The fourth-order valence-electron chi connectivity index (χ4n) is 2.97. The third-order valence-corrected chi connectivity index (χ3v) is 4.98. The van der Waals surface area contributed by atoms with E-state index in [0.29, 0.717) is 39.4 Å². The quantitative estimate of drug-likeness (QED) is 0.439. The van der Waals surface area contributed by atoms with Gasteiger partial charge >= 0.3 is 0 Å². The highest BCUT2D eigenvalue weighted by molar-refractivity contribution is 7.80. The van der Waals surface area contributed by atoms with Gasteiger partial charge in [0.1, 0.15) is 35.3 Å². The second kappa shape index (κ2) is 8.61. The summed E-state index contributed by atoms with van der Waals surface area (Å²) in [5, 5.41) is 3.72. The standard InChI is InChI=1S/C22H17ClN2O4S/c1-27-20-9-5-3-7-18(20)25-21(26)17(24-22(25)30)12-14-10-11-15(29-14)13-28-19-8-4-2-6-16(19)23/h2-12H,13H2,1H3,(H,24,30)/b17-12+. The van der Waals surface area contributed by atoms with E-state index in [4.69, 9.17) is 37.7 Å². The third-order valence-electron chi connectivity index (χ3n) is 4.38. The van der Waals surface area contributed by atoms with Crippen LogP contribution in [0.2, 0.25) is 5.02 Å². The van der Waals surface area contributed by atoms with Gasteiger partial charge in [0.15, 0.2) is 5.11 Å². The lowest BCUT2D eigenvalue weighted by atomic mass is 10.2. The lowest BCUT2D eigenvalue weighted by Gasteiger charge is -2.17. The second-order valence-corrected chi connectivity index (χ2v) is 7.12. The Hall–Kier alpha value is -3.29. The molecule has 30 heavy (non-hydrogen) atoms. The summed E-state index contributed by atoms with van der Waals surface area (Å²) >= 11 is 11.4. The second-order valence-electron chi connectivity index (χ2n) is 6.32. The van der Waals surface area contributed by atoms with Gasteiger partial charge in [0.2, 0.25) is 0 Å². The summed E-state index contributed by atoms with van der Waals surface area (Å²) in [6.45, 7) is 0.208. The Morgan fingerprint density at radius 3 is 2.60 bits per heavy atom. The fourth-order valence-corrected chi connectivity index (χ4v) is 3.45. The molecule has 1 aliphatic rings. The predicted molar refractivity (Wildman–Crippen MR) is 119 cm³/mol. The molecular formula is C22H17ClN2O4S. The van der Waals surface area contributed by atoms with Crippen molar-refractivity contribution in [2.24, 2.45) is 0 Å². The molecule has 0 atom stereocenters. The highest BCUT2D eigenvalue weighted by atomic mass is 35.5. The molecule has 1 saturated heterocycles. The van der Waals surface area contributed by atoms with Gasteiger partial charge in [-0.3, -0.25) is 4.79 Å². The molecule has 1 amide bonds. The summed E-state index contributed by atoms with van der Waals surface area (Å²) in [5.74, 6) is 1.91. The molecular weight excluding hydrogens is 424 g/mol. The first kappa shape index (κ1) is 20.0. The number of carbonyl (C=O) groups excluding carboxylic acids is 1. The fraction of sp³-hybridized carbons (Fsp3) is 0.0909. The van der Waals surface area contributed by atoms with E-state index in [-0.39, 0.29) is 17.6 Å². The minimum absolute atomic E-state index is 0.208. The molecule has 1 N–H and O–H groups in total. The number of rotatable bonds is 6. The lowest BCUT2D eigenvalue weighted by Crippen LogP contribution is -2.30. The average Bonchev–Trinajstić information content (AvgIpc) is 3.31. The first-order valence-corrected chi connectivity index (χ1v) is 9.81. The van der Waals surface area contributed by atoms with Crippen LogP contribution in [-0.2, 0) is 11.4 Å². The zero-order valence-corrected chi connectivity index (χ0v) is 17.5. The minimum Gasteiger partial charge on any atom is -0.495 e. The van der Waals surface area contributed by atoms with E-state index in [9.17, 15) is 4.79 Å². The Labute approximate surface area is 183 Å². The van der Waals surface area contributed by atoms with E-state index in [1.54, 1.807) is 49.6 Å². The molecule has 0 unspecified atom stereocenters. The van der Waals surface area contributed by atoms with Crippen molar-refractivity contribution in [2.45, 2.75) is 6.61 Å². The van der Waals surface area contributed by atoms with Crippen LogP contribution >= 0.6 is 23.8 Å². The summed E-state index contributed by atoms with van der Waals surface area (Å²) in [6, 6.07) is 17.9. The van der Waals surface area contributed by atoms with Gasteiger partial charge in [-0.15, -0.1) is 0 Å². The van der Waals surface area contributed by atoms with Crippen LogP contribution in [0.5, 0.6) is 11.5 Å². The van der Waals surface area contributed by atoms with E-state index in [1.807, 2.05) is 24.3 Å². The Morgan fingerprint density at radius 1 is 1.10 bits per heavy atom. The van der Waals surface area contributed by atoms with Gasteiger partial charge in [0, 0.05) is 6.08 Å². The topological polar surface area (TPSA) is 63.9 Å². The maximum Gasteiger partial charge on any atom is 0.281 e. The lowest BCUT2D eigenvalue weighted by molar-refractivity contribution is -0.113. The van der Waals surface area contributed by atoms with Gasteiger partial charge in [0.25, 0.3) is 5.91 Å². The van der Waals surface area contributed by atoms with Crippen molar-refractivity contribution in [1.82, 2.24) is 5.32 Å². The number of furan rings is 1. The van der Waals surface area contributed by atoms with Crippen LogP contribution in [0.1, 0.15) is 11.5 Å². The number of nitrogens with one attached hydrogen (secondary N) is 1. The molecule has 4 rings (SSSR count). The first-order valence-electron chi connectivity index (χ1n) is 9.03. The van der Waals surface area contributed by atoms with Gasteiger partial charge in [-0.25, -0.2) is 4.90 Å². The number of amides is 1. The van der Waals surface area contributed by atoms with Crippen LogP contribution in [-0.4, -0.2) is 18.1 Å². The molecule has 0 bridgehead atoms. The van der Waals surface area contributed by atoms with Crippen LogP contribution in [0.3, 0.4) is 0 Å². The van der Waals surface area contributed by atoms with Gasteiger partial charge in [-0.05, 0) is 48.6 Å². The first-order chi connectivity index (χ1) is 14.6. The molecule has 8 heteroatoms. The van der Waals surface area contributed by atoms with Crippen LogP contribution in [0.15, 0.2) is 70.8 Å². The molecule has 2 heterocycles. The van der Waals surface area contributed by atoms with Gasteiger partial charge in [-0.2, -0.15) is 0 Å². The van der Waals surface area contributed by atoms with Crippen molar-refractivity contribution in [3.8, 4) is 11.5 Å². The summed E-state index contributed by atoms with van der Waals surface area (Å²) in [6.07, 6.45) is 1.60. The zero-order chi connectivity index (χ0) is 21.1. The van der Waals surface area contributed by atoms with Crippen LogP contribution in [0, 0.1) is 0 Å². The molecule has 1 fully saturated rings. The van der Waals surface area contributed by atoms with Gasteiger partial charge in [0.05, 0.1) is 17.8 Å². The monoisotopic (exact) mass is 440 g/mol. The molecule has 3 aromatic rings. The van der Waals surface area contributed by atoms with E-state index in [1.165, 1.54) is 4.90 Å². The maximum atomic E-state index is 12.9.